The molecular weight excluding hydrogens is 238 g/mol. The molecule has 0 atom stereocenters. The molecule has 3 N–H and O–H groups in total. The number of carboxylic acids is 1. The highest BCUT2D eigenvalue weighted by atomic mass is 16.5. The third kappa shape index (κ3) is 1.94. The fourth-order valence-corrected chi connectivity index (χ4v) is 1.75. The van der Waals surface area contributed by atoms with E-state index in [2.05, 4.69) is 4.98 Å². The van der Waals surface area contributed by atoms with Gasteiger partial charge in [-0.2, -0.15) is 0 Å². The molecule has 2 rings (SSSR count). The van der Waals surface area contributed by atoms with Crippen LogP contribution in [0, 0.1) is 0 Å². The highest BCUT2D eigenvalue weighted by Crippen LogP contribution is 2.36. The summed E-state index contributed by atoms with van der Waals surface area (Å²) < 4.78 is 5.50. The molecule has 0 radical (unpaired) electrons. The summed E-state index contributed by atoms with van der Waals surface area (Å²) in [5.41, 5.74) is 4.83. The number of rotatable bonds is 2. The Morgan fingerprint density at radius 1 is 1.61 bits per heavy atom. The predicted molar refractivity (Wildman–Crippen MR) is 63.3 cm³/mol. The van der Waals surface area contributed by atoms with Crippen LogP contribution < -0.4 is 15.4 Å². The van der Waals surface area contributed by atoms with Crippen LogP contribution >= 0.6 is 0 Å². The highest BCUT2D eigenvalue weighted by molar-refractivity contribution is 6.04. The van der Waals surface area contributed by atoms with Gasteiger partial charge in [0.15, 0.2) is 17.2 Å². The topological polar surface area (TPSA) is 106 Å². The second-order valence-corrected chi connectivity index (χ2v) is 4.49. The second kappa shape index (κ2) is 3.86. The third-order valence-electron chi connectivity index (χ3n) is 2.53. The van der Waals surface area contributed by atoms with Crippen LogP contribution in [-0.4, -0.2) is 34.1 Å². The Labute approximate surface area is 103 Å². The maximum atomic E-state index is 12.1. The minimum absolute atomic E-state index is 0.177. The number of ether oxygens (including phenoxy) is 1. The normalized spacial score (nSPS) is 17.0. The molecule has 0 bridgehead atoms. The molecule has 1 aliphatic rings. The molecular formula is C11H13N3O4. The number of carboxylic acid groups (broad SMARTS) is 1. The van der Waals surface area contributed by atoms with Gasteiger partial charge in [0.1, 0.15) is 6.54 Å². The summed E-state index contributed by atoms with van der Waals surface area (Å²) in [5, 5.41) is 8.85. The van der Waals surface area contributed by atoms with Crippen molar-refractivity contribution in [3.05, 3.63) is 12.3 Å². The Bertz CT molecular complexity index is 527. The van der Waals surface area contributed by atoms with Gasteiger partial charge in [-0.25, -0.2) is 4.98 Å². The number of nitrogens with zero attached hydrogens (tertiary/aromatic N) is 2. The van der Waals surface area contributed by atoms with Gasteiger partial charge in [0.25, 0.3) is 5.91 Å². The van der Waals surface area contributed by atoms with Crippen LogP contribution in [0.1, 0.15) is 13.8 Å². The van der Waals surface area contributed by atoms with E-state index in [-0.39, 0.29) is 5.82 Å². The lowest BCUT2D eigenvalue weighted by molar-refractivity contribution is -0.139. The lowest BCUT2D eigenvalue weighted by Gasteiger charge is -2.37. The number of aliphatic carboxylic acids is 1. The van der Waals surface area contributed by atoms with Gasteiger partial charge in [-0.1, -0.05) is 0 Å². The molecule has 0 aliphatic carbocycles. The van der Waals surface area contributed by atoms with Crippen molar-refractivity contribution in [1.29, 1.82) is 0 Å². The summed E-state index contributed by atoms with van der Waals surface area (Å²) in [5.74, 6) is -1.09. The van der Waals surface area contributed by atoms with Crippen molar-refractivity contribution in [2.24, 2.45) is 0 Å². The Hall–Kier alpha value is -2.31. The van der Waals surface area contributed by atoms with Gasteiger partial charge in [-0.05, 0) is 13.8 Å². The number of carbonyl (C=O) groups is 2. The summed E-state index contributed by atoms with van der Waals surface area (Å²) >= 11 is 0. The van der Waals surface area contributed by atoms with Crippen LogP contribution in [0.15, 0.2) is 12.3 Å². The smallest absolute Gasteiger partial charge is 0.323 e. The molecule has 18 heavy (non-hydrogen) atoms. The molecule has 2 heterocycles. The van der Waals surface area contributed by atoms with Crippen molar-refractivity contribution in [3.63, 3.8) is 0 Å². The van der Waals surface area contributed by atoms with E-state index in [4.69, 9.17) is 15.6 Å². The van der Waals surface area contributed by atoms with E-state index in [1.165, 1.54) is 12.3 Å². The monoisotopic (exact) mass is 251 g/mol. The van der Waals surface area contributed by atoms with Gasteiger partial charge < -0.3 is 15.6 Å². The molecule has 7 nitrogen and oxygen atoms in total. The molecule has 96 valence electrons. The standard InChI is InChI=1S/C11H13N3O4/c1-11(2)10(17)14(5-8(15)16)9-7(18-11)3-6(12)4-13-9/h3-4H,5,12H2,1-2H3,(H,15,16). The Morgan fingerprint density at radius 3 is 2.89 bits per heavy atom. The molecule has 1 aromatic rings. The van der Waals surface area contributed by atoms with E-state index >= 15 is 0 Å². The molecule has 0 fully saturated rings. The van der Waals surface area contributed by atoms with Crippen molar-refractivity contribution in [1.82, 2.24) is 4.98 Å². The Morgan fingerprint density at radius 2 is 2.28 bits per heavy atom. The predicted octanol–water partition coefficient (Wildman–Crippen LogP) is 0.252. The summed E-state index contributed by atoms with van der Waals surface area (Å²) in [4.78, 5) is 28.0. The van der Waals surface area contributed by atoms with Gasteiger partial charge in [-0.3, -0.25) is 14.5 Å². The van der Waals surface area contributed by atoms with Crippen LogP contribution in [0.2, 0.25) is 0 Å². The molecule has 1 amide bonds. The first kappa shape index (κ1) is 12.2. The van der Waals surface area contributed by atoms with Crippen LogP contribution in [0.3, 0.4) is 0 Å². The van der Waals surface area contributed by atoms with Crippen LogP contribution in [-0.2, 0) is 9.59 Å². The van der Waals surface area contributed by atoms with Gasteiger partial charge in [0.05, 0.1) is 11.9 Å². The highest BCUT2D eigenvalue weighted by Gasteiger charge is 2.42. The largest absolute Gasteiger partial charge is 0.480 e. The fourth-order valence-electron chi connectivity index (χ4n) is 1.75. The first-order valence-corrected chi connectivity index (χ1v) is 5.29. The molecule has 1 aliphatic heterocycles. The zero-order valence-corrected chi connectivity index (χ0v) is 10.0. The average Bonchev–Trinajstić information content (AvgIpc) is 2.23. The van der Waals surface area contributed by atoms with E-state index in [1.54, 1.807) is 13.8 Å². The number of carbonyl (C=O) groups excluding carboxylic acids is 1. The second-order valence-electron chi connectivity index (χ2n) is 4.49. The zero-order valence-electron chi connectivity index (χ0n) is 10.0. The minimum atomic E-state index is -1.14. The summed E-state index contributed by atoms with van der Waals surface area (Å²) in [6.45, 7) is 2.67. The van der Waals surface area contributed by atoms with Gasteiger partial charge in [0, 0.05) is 6.07 Å². The maximum absolute atomic E-state index is 12.1. The average molecular weight is 251 g/mol. The van der Waals surface area contributed by atoms with Gasteiger partial charge in [-0.15, -0.1) is 0 Å². The molecule has 0 saturated carbocycles. The number of pyridine rings is 1. The van der Waals surface area contributed by atoms with E-state index < -0.39 is 24.0 Å². The lowest BCUT2D eigenvalue weighted by Crippen LogP contribution is -2.54. The fraction of sp³-hybridized carbons (Fsp3) is 0.364. The van der Waals surface area contributed by atoms with Crippen molar-refractivity contribution in [2.45, 2.75) is 19.4 Å². The molecule has 0 unspecified atom stereocenters. The van der Waals surface area contributed by atoms with E-state index in [9.17, 15) is 9.59 Å². The first-order valence-electron chi connectivity index (χ1n) is 5.29. The van der Waals surface area contributed by atoms with Gasteiger partial charge in [0.2, 0.25) is 0 Å². The van der Waals surface area contributed by atoms with Crippen molar-refractivity contribution in [2.75, 3.05) is 17.2 Å². The van der Waals surface area contributed by atoms with Crippen molar-refractivity contribution < 1.29 is 19.4 Å². The Balaban J connectivity index is 2.52. The quantitative estimate of drug-likeness (QED) is 0.780. The maximum Gasteiger partial charge on any atom is 0.323 e. The molecule has 0 aromatic carbocycles. The lowest BCUT2D eigenvalue weighted by atomic mass is 10.1. The number of nitrogen functional groups attached to an aromatic ring is 1. The minimum Gasteiger partial charge on any atom is -0.480 e. The number of hydrogen-bond donors (Lipinski definition) is 2. The SMILES string of the molecule is CC1(C)Oc2cc(N)cnc2N(CC(=O)O)C1=O. The molecule has 7 heteroatoms. The number of anilines is 2. The number of aromatic nitrogens is 1. The molecule has 1 aromatic heterocycles. The van der Waals surface area contributed by atoms with E-state index in [1.807, 2.05) is 0 Å². The van der Waals surface area contributed by atoms with Gasteiger partial charge >= 0.3 is 5.97 Å². The van der Waals surface area contributed by atoms with E-state index in [0.29, 0.717) is 11.4 Å². The molecule has 0 saturated heterocycles. The number of amides is 1. The Kier molecular flexibility index (Phi) is 2.61. The summed E-state index contributed by atoms with van der Waals surface area (Å²) in [6, 6.07) is 1.52. The number of hydrogen-bond acceptors (Lipinski definition) is 5. The number of nitrogens with two attached hydrogens (primary N) is 1. The summed E-state index contributed by atoms with van der Waals surface area (Å²) in [7, 11) is 0. The van der Waals surface area contributed by atoms with Crippen LogP contribution in [0.4, 0.5) is 11.5 Å². The first-order chi connectivity index (χ1) is 8.31. The van der Waals surface area contributed by atoms with Crippen LogP contribution in [0.5, 0.6) is 5.75 Å². The third-order valence-corrected chi connectivity index (χ3v) is 2.53. The van der Waals surface area contributed by atoms with E-state index in [0.717, 1.165) is 4.90 Å². The van der Waals surface area contributed by atoms with Crippen LogP contribution in [0.25, 0.3) is 0 Å². The van der Waals surface area contributed by atoms with Crippen molar-refractivity contribution >= 4 is 23.4 Å². The zero-order chi connectivity index (χ0) is 13.5. The summed E-state index contributed by atoms with van der Waals surface area (Å²) in [6.07, 6.45) is 1.35. The van der Waals surface area contributed by atoms with Crippen molar-refractivity contribution in [3.8, 4) is 5.75 Å². The molecule has 0 spiro atoms. The number of fused-ring (bicyclic) bond motifs is 1.